The number of nitroso groups, excluding NO2 is 1. The molecule has 62 valence electrons. The lowest BCUT2D eigenvalue weighted by molar-refractivity contribution is 0.454. The van der Waals surface area contributed by atoms with E-state index in [0.29, 0.717) is 6.54 Å². The normalized spacial score (nSPS) is 47.0. The lowest BCUT2D eigenvalue weighted by Crippen LogP contribution is -1.98. The van der Waals surface area contributed by atoms with Gasteiger partial charge in [0.2, 0.25) is 0 Å². The molecule has 2 saturated carbocycles. The maximum absolute atomic E-state index is 9.89. The molecule has 2 heteroatoms. The van der Waals surface area contributed by atoms with E-state index in [1.165, 1.54) is 12.8 Å². The van der Waals surface area contributed by atoms with Crippen molar-refractivity contribution in [3.8, 4) is 0 Å². The first-order valence-electron chi connectivity index (χ1n) is 4.63. The molecular formula is C9H15NO. The molecule has 0 N–H and O–H groups in total. The Balaban J connectivity index is 1.80. The van der Waals surface area contributed by atoms with Gasteiger partial charge >= 0.3 is 0 Å². The van der Waals surface area contributed by atoms with Gasteiger partial charge in [-0.3, -0.25) is 0 Å². The zero-order valence-electron chi connectivity index (χ0n) is 6.99. The Labute approximate surface area is 67.3 Å². The molecule has 0 aliphatic heterocycles. The zero-order chi connectivity index (χ0) is 7.84. The first kappa shape index (κ1) is 7.26. The van der Waals surface area contributed by atoms with Crippen LogP contribution in [0.25, 0.3) is 0 Å². The number of hydrogen-bond donors (Lipinski definition) is 0. The van der Waals surface area contributed by atoms with Gasteiger partial charge in [0.25, 0.3) is 0 Å². The van der Waals surface area contributed by atoms with E-state index in [1.54, 1.807) is 0 Å². The number of rotatable bonds is 3. The van der Waals surface area contributed by atoms with Crippen LogP contribution in [0.4, 0.5) is 0 Å². The van der Waals surface area contributed by atoms with Crippen LogP contribution in [0.1, 0.15) is 26.2 Å². The Hall–Kier alpha value is -0.400. The summed E-state index contributed by atoms with van der Waals surface area (Å²) in [5, 5.41) is 2.92. The average Bonchev–Trinajstić information content (AvgIpc) is 2.58. The second-order valence-electron chi connectivity index (χ2n) is 4.10. The van der Waals surface area contributed by atoms with E-state index < -0.39 is 0 Å². The van der Waals surface area contributed by atoms with Gasteiger partial charge in [0.1, 0.15) is 0 Å². The molecule has 11 heavy (non-hydrogen) atoms. The molecule has 2 aliphatic rings. The highest BCUT2D eigenvalue weighted by Crippen LogP contribution is 2.61. The Bertz CT molecular complexity index is 169. The molecule has 2 aliphatic carbocycles. The molecular weight excluding hydrogens is 138 g/mol. The van der Waals surface area contributed by atoms with Crippen molar-refractivity contribution in [2.75, 3.05) is 6.54 Å². The SMILES string of the molecule is CC1CCC2C(CCN=O)C12. The second-order valence-corrected chi connectivity index (χ2v) is 4.10. The van der Waals surface area contributed by atoms with Crippen molar-refractivity contribution in [3.05, 3.63) is 4.91 Å². The summed E-state index contributed by atoms with van der Waals surface area (Å²) in [6.45, 7) is 2.89. The molecule has 4 unspecified atom stereocenters. The van der Waals surface area contributed by atoms with Gasteiger partial charge < -0.3 is 0 Å². The Kier molecular flexibility index (Phi) is 1.70. The molecule has 0 aromatic rings. The third kappa shape index (κ3) is 1.09. The molecule has 2 nitrogen and oxygen atoms in total. The minimum atomic E-state index is 0.546. The van der Waals surface area contributed by atoms with Gasteiger partial charge in [-0.15, -0.1) is 0 Å². The minimum absolute atomic E-state index is 0.546. The summed E-state index contributed by atoms with van der Waals surface area (Å²) in [5.41, 5.74) is 0. The standard InChI is InChI=1S/C9H15NO/c1-6-2-3-7-8(9(6)7)4-5-10-11/h6-9H,2-5H2,1H3. The van der Waals surface area contributed by atoms with Gasteiger partial charge in [-0.2, -0.15) is 4.91 Å². The van der Waals surface area contributed by atoms with E-state index in [-0.39, 0.29) is 0 Å². The summed E-state index contributed by atoms with van der Waals surface area (Å²) in [4.78, 5) is 9.89. The summed E-state index contributed by atoms with van der Waals surface area (Å²) in [6, 6.07) is 0. The van der Waals surface area contributed by atoms with Crippen molar-refractivity contribution < 1.29 is 0 Å². The van der Waals surface area contributed by atoms with Crippen LogP contribution in [0.15, 0.2) is 5.18 Å². The van der Waals surface area contributed by atoms with Gasteiger partial charge in [0.05, 0.1) is 6.54 Å². The summed E-state index contributed by atoms with van der Waals surface area (Å²) in [5.74, 6) is 3.75. The van der Waals surface area contributed by atoms with Crippen molar-refractivity contribution in [2.24, 2.45) is 28.8 Å². The topological polar surface area (TPSA) is 29.4 Å². The first-order valence-corrected chi connectivity index (χ1v) is 4.63. The maximum atomic E-state index is 9.89. The number of fused-ring (bicyclic) bond motifs is 1. The monoisotopic (exact) mass is 153 g/mol. The summed E-state index contributed by atoms with van der Waals surface area (Å²) >= 11 is 0. The fraction of sp³-hybridized carbons (Fsp3) is 1.00. The van der Waals surface area contributed by atoms with E-state index in [2.05, 4.69) is 12.1 Å². The Morgan fingerprint density at radius 3 is 2.82 bits per heavy atom. The van der Waals surface area contributed by atoms with Crippen molar-refractivity contribution in [3.63, 3.8) is 0 Å². The highest BCUT2D eigenvalue weighted by molar-refractivity contribution is 5.03. The molecule has 2 fully saturated rings. The average molecular weight is 153 g/mol. The van der Waals surface area contributed by atoms with E-state index in [4.69, 9.17) is 0 Å². The van der Waals surface area contributed by atoms with Gasteiger partial charge in [-0.05, 0) is 36.5 Å². The maximum Gasteiger partial charge on any atom is 0.0814 e. The highest BCUT2D eigenvalue weighted by atomic mass is 16.3. The lowest BCUT2D eigenvalue weighted by atomic mass is 10.0. The van der Waals surface area contributed by atoms with E-state index in [9.17, 15) is 4.91 Å². The van der Waals surface area contributed by atoms with Crippen LogP contribution in [0, 0.1) is 28.6 Å². The molecule has 4 atom stereocenters. The Morgan fingerprint density at radius 2 is 2.27 bits per heavy atom. The second kappa shape index (κ2) is 2.58. The predicted octanol–water partition coefficient (Wildman–Crippen LogP) is 2.44. The molecule has 0 spiro atoms. The largest absolute Gasteiger partial charge is 0.151 e. The van der Waals surface area contributed by atoms with Gasteiger partial charge in [0.15, 0.2) is 0 Å². The Morgan fingerprint density at radius 1 is 1.45 bits per heavy atom. The van der Waals surface area contributed by atoms with Crippen LogP contribution in [0.3, 0.4) is 0 Å². The van der Waals surface area contributed by atoms with Gasteiger partial charge in [-0.25, -0.2) is 0 Å². The summed E-state index contributed by atoms with van der Waals surface area (Å²) < 4.78 is 0. The van der Waals surface area contributed by atoms with Crippen LogP contribution >= 0.6 is 0 Å². The van der Waals surface area contributed by atoms with Crippen molar-refractivity contribution in [1.82, 2.24) is 0 Å². The third-order valence-corrected chi connectivity index (χ3v) is 3.56. The van der Waals surface area contributed by atoms with Crippen LogP contribution in [0.2, 0.25) is 0 Å². The molecule has 2 rings (SSSR count). The lowest BCUT2D eigenvalue weighted by Gasteiger charge is -2.05. The molecule has 0 radical (unpaired) electrons. The van der Waals surface area contributed by atoms with E-state index >= 15 is 0 Å². The molecule has 0 heterocycles. The molecule has 0 aromatic carbocycles. The summed E-state index contributed by atoms with van der Waals surface area (Å²) in [6.07, 6.45) is 3.89. The van der Waals surface area contributed by atoms with Crippen LogP contribution < -0.4 is 0 Å². The predicted molar refractivity (Wildman–Crippen MR) is 44.1 cm³/mol. The summed E-state index contributed by atoms with van der Waals surface area (Å²) in [7, 11) is 0. The zero-order valence-corrected chi connectivity index (χ0v) is 6.99. The fourth-order valence-electron chi connectivity index (χ4n) is 2.98. The van der Waals surface area contributed by atoms with Crippen LogP contribution in [-0.2, 0) is 0 Å². The molecule has 0 amide bonds. The van der Waals surface area contributed by atoms with Crippen LogP contribution in [0.5, 0.6) is 0 Å². The smallest absolute Gasteiger partial charge is 0.0814 e. The quantitative estimate of drug-likeness (QED) is 0.572. The van der Waals surface area contributed by atoms with Crippen molar-refractivity contribution in [1.29, 1.82) is 0 Å². The van der Waals surface area contributed by atoms with Crippen molar-refractivity contribution in [2.45, 2.75) is 26.2 Å². The fourth-order valence-corrected chi connectivity index (χ4v) is 2.98. The highest BCUT2D eigenvalue weighted by Gasteiger charge is 2.55. The molecule has 0 aromatic heterocycles. The van der Waals surface area contributed by atoms with Gasteiger partial charge in [0, 0.05) is 0 Å². The minimum Gasteiger partial charge on any atom is -0.151 e. The number of nitrogens with zero attached hydrogens (tertiary/aromatic N) is 1. The van der Waals surface area contributed by atoms with Crippen molar-refractivity contribution >= 4 is 0 Å². The number of hydrogen-bond acceptors (Lipinski definition) is 2. The van der Waals surface area contributed by atoms with Gasteiger partial charge in [-0.1, -0.05) is 18.5 Å². The third-order valence-electron chi connectivity index (χ3n) is 3.56. The van der Waals surface area contributed by atoms with Crippen LogP contribution in [-0.4, -0.2) is 6.54 Å². The van der Waals surface area contributed by atoms with E-state index in [1.807, 2.05) is 0 Å². The molecule has 0 bridgehead atoms. The first-order chi connectivity index (χ1) is 5.34. The molecule has 0 saturated heterocycles. The van der Waals surface area contributed by atoms with E-state index in [0.717, 1.165) is 30.1 Å².